The number of alkyl halides is 3. The van der Waals surface area contributed by atoms with Crippen LogP contribution in [0.1, 0.15) is 58.6 Å². The lowest BCUT2D eigenvalue weighted by molar-refractivity contribution is -0.137. The maximum absolute atomic E-state index is 12.7. The van der Waals surface area contributed by atoms with Crippen molar-refractivity contribution in [3.8, 4) is 0 Å². The molecule has 0 radical (unpaired) electrons. The molecule has 1 amide bonds. The lowest BCUT2D eigenvalue weighted by atomic mass is 9.87. The Morgan fingerprint density at radius 3 is 2.03 bits per heavy atom. The van der Waals surface area contributed by atoms with Crippen LogP contribution in [-0.2, 0) is 16.4 Å². The van der Waals surface area contributed by atoms with Crippen molar-refractivity contribution in [2.24, 2.45) is 0 Å². The number of nitrogens with one attached hydrogen (secondary N) is 1. The molecule has 0 saturated carbocycles. The topological polar surface area (TPSA) is 51.7 Å². The van der Waals surface area contributed by atoms with Crippen LogP contribution in [0, 0.1) is 0 Å². The van der Waals surface area contributed by atoms with E-state index in [1.54, 1.807) is 0 Å². The van der Waals surface area contributed by atoms with E-state index in [0.29, 0.717) is 25.3 Å². The van der Waals surface area contributed by atoms with Crippen molar-refractivity contribution in [1.29, 1.82) is 0 Å². The van der Waals surface area contributed by atoms with Crippen molar-refractivity contribution in [1.82, 2.24) is 15.2 Å². The molecule has 0 bridgehead atoms. The highest BCUT2D eigenvalue weighted by Crippen LogP contribution is 2.30. The van der Waals surface area contributed by atoms with Crippen molar-refractivity contribution in [3.63, 3.8) is 0 Å². The van der Waals surface area contributed by atoms with Gasteiger partial charge in [-0.3, -0.25) is 9.69 Å². The van der Waals surface area contributed by atoms with Gasteiger partial charge in [0.05, 0.1) is 5.56 Å². The van der Waals surface area contributed by atoms with Crippen molar-refractivity contribution < 1.29 is 18.0 Å². The Balaban J connectivity index is 0.00000400. The molecule has 1 aromatic heterocycles. The number of halogens is 3. The van der Waals surface area contributed by atoms with Crippen LogP contribution in [0.3, 0.4) is 0 Å². The second kappa shape index (κ2) is 12.4. The second-order valence-electron chi connectivity index (χ2n) is 11.1. The van der Waals surface area contributed by atoms with Crippen molar-refractivity contribution >= 4 is 17.4 Å². The molecule has 3 heterocycles. The molecule has 38 heavy (non-hydrogen) atoms. The molecule has 0 unspecified atom stereocenters. The molecule has 1 N–H and O–H groups in total. The number of benzene rings is 1. The van der Waals surface area contributed by atoms with Crippen molar-refractivity contribution in [2.75, 3.05) is 55.6 Å². The van der Waals surface area contributed by atoms with Crippen LogP contribution in [0.15, 0.2) is 42.6 Å². The number of hydrogen-bond donors (Lipinski definition) is 1. The van der Waals surface area contributed by atoms with Gasteiger partial charge in [0.25, 0.3) is 0 Å². The Morgan fingerprint density at radius 1 is 0.895 bits per heavy atom. The molecule has 0 atom stereocenters. The number of aromatic nitrogens is 1. The highest BCUT2D eigenvalue weighted by Gasteiger charge is 2.31. The zero-order chi connectivity index (χ0) is 26.6. The molecule has 4 rings (SSSR count). The summed E-state index contributed by atoms with van der Waals surface area (Å²) in [5.74, 6) is 0.605. The van der Waals surface area contributed by atoms with Crippen LogP contribution >= 0.6 is 0 Å². The van der Waals surface area contributed by atoms with Gasteiger partial charge in [-0.15, -0.1) is 0 Å². The lowest BCUT2D eigenvalue weighted by Crippen LogP contribution is -2.48. The van der Waals surface area contributed by atoms with Crippen LogP contribution in [-0.4, -0.2) is 67.6 Å². The molecule has 210 valence electrons. The number of hydrogen-bond acceptors (Lipinski definition) is 5. The summed E-state index contributed by atoms with van der Waals surface area (Å²) in [5, 5.41) is 3.14. The van der Waals surface area contributed by atoms with Gasteiger partial charge in [0.2, 0.25) is 5.91 Å². The second-order valence-corrected chi connectivity index (χ2v) is 11.1. The lowest BCUT2D eigenvalue weighted by Gasteiger charge is -2.36. The summed E-state index contributed by atoms with van der Waals surface area (Å²) in [5.41, 5.74) is 2.00. The minimum absolute atomic E-state index is 0. The first-order valence-electron chi connectivity index (χ1n) is 13.1. The number of piperidine rings is 1. The number of nitrogens with zero attached hydrogens (tertiary/aromatic N) is 4. The third-order valence-electron chi connectivity index (χ3n) is 7.39. The third kappa shape index (κ3) is 7.85. The molecule has 2 fully saturated rings. The van der Waals surface area contributed by atoms with E-state index < -0.39 is 11.7 Å². The summed E-state index contributed by atoms with van der Waals surface area (Å²) in [6.07, 6.45) is -1.52. The van der Waals surface area contributed by atoms with E-state index in [9.17, 15) is 18.0 Å². The fourth-order valence-electron chi connectivity index (χ4n) is 4.96. The Morgan fingerprint density at radius 2 is 1.50 bits per heavy atom. The summed E-state index contributed by atoms with van der Waals surface area (Å²) in [6, 6.07) is 11.4. The zero-order valence-corrected chi connectivity index (χ0v) is 22.0. The fraction of sp³-hybridized carbons (Fsp3) is 0.586. The number of carbonyl (C=O) groups is 1. The molecule has 1 aromatic carbocycles. The monoisotopic (exact) mass is 533 g/mol. The molecular formula is C29H42F3N5O. The number of carbonyl (C=O) groups excluding carboxylic acids is 1. The summed E-state index contributed by atoms with van der Waals surface area (Å²) >= 11 is 0. The maximum Gasteiger partial charge on any atom is 0.417 e. The first-order chi connectivity index (χ1) is 17.5. The van der Waals surface area contributed by atoms with Gasteiger partial charge in [0, 0.05) is 70.2 Å². The highest BCUT2D eigenvalue weighted by atomic mass is 19.4. The Hall–Kier alpha value is -2.81. The summed E-state index contributed by atoms with van der Waals surface area (Å²) < 4.78 is 38.2. The number of anilines is 2. The van der Waals surface area contributed by atoms with E-state index in [0.717, 1.165) is 57.8 Å². The van der Waals surface area contributed by atoms with Crippen LogP contribution in [0.4, 0.5) is 24.7 Å². The minimum Gasteiger partial charge on any atom is -0.369 e. The quantitative estimate of drug-likeness (QED) is 0.544. The SMILES string of the molecule is C.CC(C)(C)c1ccc(N2CCN(CCC(=O)NC3CCN(c4ccc(C(F)(F)F)cn4)CC3)CC2)cc1. The van der Waals surface area contributed by atoms with Crippen molar-refractivity contribution in [2.45, 2.75) is 65.1 Å². The van der Waals surface area contributed by atoms with Crippen LogP contribution in [0.5, 0.6) is 0 Å². The molecule has 6 nitrogen and oxygen atoms in total. The molecule has 0 spiro atoms. The number of rotatable bonds is 6. The Labute approximate surface area is 225 Å². The normalized spacial score (nSPS) is 17.7. The first kappa shape index (κ1) is 29.7. The van der Waals surface area contributed by atoms with Gasteiger partial charge < -0.3 is 15.1 Å². The Kier molecular flexibility index (Phi) is 9.68. The molecular weight excluding hydrogens is 491 g/mol. The van der Waals surface area contributed by atoms with E-state index in [1.807, 2.05) is 4.90 Å². The van der Waals surface area contributed by atoms with E-state index in [-0.39, 0.29) is 24.8 Å². The predicted octanol–water partition coefficient (Wildman–Crippen LogP) is 5.33. The molecule has 2 aromatic rings. The molecule has 2 saturated heterocycles. The van der Waals surface area contributed by atoms with Gasteiger partial charge in [-0.05, 0) is 48.1 Å². The summed E-state index contributed by atoms with van der Waals surface area (Å²) in [6.45, 7) is 12.5. The smallest absolute Gasteiger partial charge is 0.369 e. The fourth-order valence-corrected chi connectivity index (χ4v) is 4.96. The van der Waals surface area contributed by atoms with Crippen LogP contribution in [0.2, 0.25) is 0 Å². The van der Waals surface area contributed by atoms with Crippen LogP contribution in [0.25, 0.3) is 0 Å². The number of amides is 1. The number of piperazine rings is 1. The Bertz CT molecular complexity index is 1020. The minimum atomic E-state index is -4.38. The van der Waals surface area contributed by atoms with E-state index in [1.165, 1.54) is 17.3 Å². The molecule has 0 aliphatic carbocycles. The van der Waals surface area contributed by atoms with E-state index in [4.69, 9.17) is 0 Å². The van der Waals surface area contributed by atoms with Gasteiger partial charge >= 0.3 is 6.18 Å². The highest BCUT2D eigenvalue weighted by molar-refractivity contribution is 5.76. The molecule has 2 aliphatic heterocycles. The largest absolute Gasteiger partial charge is 0.417 e. The predicted molar refractivity (Wildman–Crippen MR) is 148 cm³/mol. The molecule has 2 aliphatic rings. The third-order valence-corrected chi connectivity index (χ3v) is 7.39. The first-order valence-corrected chi connectivity index (χ1v) is 13.1. The van der Waals surface area contributed by atoms with Crippen molar-refractivity contribution in [3.05, 3.63) is 53.7 Å². The van der Waals surface area contributed by atoms with Crippen LogP contribution < -0.4 is 15.1 Å². The molecule has 9 heteroatoms. The van der Waals surface area contributed by atoms with Gasteiger partial charge in [-0.1, -0.05) is 40.3 Å². The number of pyridine rings is 1. The van der Waals surface area contributed by atoms with Gasteiger partial charge in [-0.2, -0.15) is 13.2 Å². The standard InChI is InChI=1S/C28H38F3N5O.CH4/c1-27(2,3)21-4-7-24(8-5-21)35-18-16-34(17-19-35)13-12-26(37)33-23-10-14-36(15-11-23)25-9-6-22(20-32-25)28(29,30)31;/h4-9,20,23H,10-19H2,1-3H3,(H,33,37);1H4. The van der Waals surface area contributed by atoms with E-state index >= 15 is 0 Å². The maximum atomic E-state index is 12.7. The van der Waals surface area contributed by atoms with Gasteiger partial charge in [0.1, 0.15) is 5.82 Å². The zero-order valence-electron chi connectivity index (χ0n) is 22.0. The average molecular weight is 534 g/mol. The van der Waals surface area contributed by atoms with Gasteiger partial charge in [-0.25, -0.2) is 4.98 Å². The summed E-state index contributed by atoms with van der Waals surface area (Å²) in [7, 11) is 0. The summed E-state index contributed by atoms with van der Waals surface area (Å²) in [4.78, 5) is 23.3. The van der Waals surface area contributed by atoms with E-state index in [2.05, 4.69) is 65.1 Å². The average Bonchev–Trinajstić information content (AvgIpc) is 2.87. The van der Waals surface area contributed by atoms with Gasteiger partial charge in [0.15, 0.2) is 0 Å².